The van der Waals surface area contributed by atoms with Crippen molar-refractivity contribution in [3.63, 3.8) is 0 Å². The third-order valence-electron chi connectivity index (χ3n) is 6.60. The van der Waals surface area contributed by atoms with Gasteiger partial charge in [-0.05, 0) is 53.4 Å². The van der Waals surface area contributed by atoms with Crippen LogP contribution < -0.4 is 9.47 Å². The number of ether oxygens (including phenoxy) is 2. The highest BCUT2D eigenvalue weighted by Crippen LogP contribution is 2.24. The van der Waals surface area contributed by atoms with Gasteiger partial charge in [-0.15, -0.1) is 0 Å². The van der Waals surface area contributed by atoms with Crippen LogP contribution in [-0.2, 0) is 19.6 Å². The molecule has 0 saturated heterocycles. The zero-order valence-corrected chi connectivity index (χ0v) is 22.3. The van der Waals surface area contributed by atoms with E-state index in [-0.39, 0.29) is 31.5 Å². The zero-order valence-electron chi connectivity index (χ0n) is 22.3. The molecule has 0 saturated carbocycles. The van der Waals surface area contributed by atoms with Crippen LogP contribution in [0.1, 0.15) is 27.0 Å². The molecule has 7 nitrogen and oxygen atoms in total. The molecule has 4 aromatic rings. The van der Waals surface area contributed by atoms with E-state index in [9.17, 15) is 20.1 Å². The Kier molecular flexibility index (Phi) is 10.7. The monoisotopic (exact) mass is 541 g/mol. The third-order valence-corrected chi connectivity index (χ3v) is 6.60. The second-order valence-corrected chi connectivity index (χ2v) is 9.68. The van der Waals surface area contributed by atoms with Crippen molar-refractivity contribution >= 4 is 6.29 Å². The Morgan fingerprint density at radius 2 is 1.48 bits per heavy atom. The van der Waals surface area contributed by atoms with E-state index in [0.717, 1.165) is 23.0 Å². The van der Waals surface area contributed by atoms with Crippen molar-refractivity contribution in [1.29, 1.82) is 0 Å². The summed E-state index contributed by atoms with van der Waals surface area (Å²) in [4.78, 5) is 13.7. The zero-order chi connectivity index (χ0) is 28.2. The Bertz CT molecular complexity index is 1310. The summed E-state index contributed by atoms with van der Waals surface area (Å²) in [7, 11) is 0. The van der Waals surface area contributed by atoms with Crippen molar-refractivity contribution < 1.29 is 29.6 Å². The fourth-order valence-electron chi connectivity index (χ4n) is 4.46. The standard InChI is InChI=1S/C33H35NO6/c35-21-28-18-32(15-16-33(28)40-23-27-9-5-2-6-10-27)39-24-31(38)20-34(19-26-7-3-1-4-8-26)29(22-36)17-25-11-13-30(37)14-12-25/h1-16,18,21,29,31,36-38H,17,19-20,22-24H2. The summed E-state index contributed by atoms with van der Waals surface area (Å²) < 4.78 is 11.7. The molecule has 208 valence electrons. The summed E-state index contributed by atoms with van der Waals surface area (Å²) in [6, 6.07) is 31.2. The maximum atomic E-state index is 11.7. The van der Waals surface area contributed by atoms with E-state index in [4.69, 9.17) is 9.47 Å². The molecule has 3 N–H and O–H groups in total. The summed E-state index contributed by atoms with van der Waals surface area (Å²) in [5.41, 5.74) is 3.38. The molecule has 0 spiro atoms. The molecule has 4 rings (SSSR count). The van der Waals surface area contributed by atoms with Gasteiger partial charge in [-0.3, -0.25) is 9.69 Å². The summed E-state index contributed by atoms with van der Waals surface area (Å²) in [6.45, 7) is 1.04. The Balaban J connectivity index is 1.39. The molecule has 0 aliphatic carbocycles. The van der Waals surface area contributed by atoms with Gasteiger partial charge in [0.15, 0.2) is 6.29 Å². The van der Waals surface area contributed by atoms with Gasteiger partial charge < -0.3 is 24.8 Å². The van der Waals surface area contributed by atoms with Gasteiger partial charge in [-0.25, -0.2) is 0 Å². The molecular weight excluding hydrogens is 506 g/mol. The van der Waals surface area contributed by atoms with Crippen LogP contribution in [0.5, 0.6) is 17.2 Å². The maximum Gasteiger partial charge on any atom is 0.153 e. The highest BCUT2D eigenvalue weighted by atomic mass is 16.5. The first-order chi connectivity index (χ1) is 19.5. The third kappa shape index (κ3) is 8.68. The van der Waals surface area contributed by atoms with Crippen molar-refractivity contribution in [2.24, 2.45) is 0 Å². The van der Waals surface area contributed by atoms with Gasteiger partial charge in [0.25, 0.3) is 0 Å². The van der Waals surface area contributed by atoms with Gasteiger partial charge in [0.05, 0.1) is 12.2 Å². The lowest BCUT2D eigenvalue weighted by molar-refractivity contribution is 0.0335. The lowest BCUT2D eigenvalue weighted by atomic mass is 10.0. The predicted octanol–water partition coefficient (Wildman–Crippen LogP) is 4.63. The highest BCUT2D eigenvalue weighted by molar-refractivity contribution is 5.80. The summed E-state index contributed by atoms with van der Waals surface area (Å²) >= 11 is 0. The molecule has 40 heavy (non-hydrogen) atoms. The molecule has 2 atom stereocenters. The van der Waals surface area contributed by atoms with Gasteiger partial charge in [-0.1, -0.05) is 72.8 Å². The van der Waals surface area contributed by atoms with Gasteiger partial charge in [0, 0.05) is 19.1 Å². The van der Waals surface area contributed by atoms with Crippen LogP contribution in [-0.4, -0.2) is 58.4 Å². The lowest BCUT2D eigenvalue weighted by Gasteiger charge is -2.32. The molecule has 0 amide bonds. The minimum absolute atomic E-state index is 0.00512. The number of aliphatic hydroxyl groups is 2. The number of rotatable bonds is 15. The SMILES string of the molecule is O=Cc1cc(OCC(O)CN(Cc2ccccc2)C(CO)Cc2ccc(O)cc2)ccc1OCc1ccccc1. The predicted molar refractivity (Wildman–Crippen MR) is 154 cm³/mol. The van der Waals surface area contributed by atoms with Crippen molar-refractivity contribution in [1.82, 2.24) is 4.90 Å². The number of nitrogens with zero attached hydrogens (tertiary/aromatic N) is 1. The van der Waals surface area contributed by atoms with Crippen LogP contribution in [0, 0.1) is 0 Å². The Labute approximate surface area is 234 Å². The van der Waals surface area contributed by atoms with Crippen LogP contribution in [0.2, 0.25) is 0 Å². The van der Waals surface area contributed by atoms with E-state index >= 15 is 0 Å². The van der Waals surface area contributed by atoms with Crippen LogP contribution in [0.15, 0.2) is 103 Å². The van der Waals surface area contributed by atoms with Gasteiger partial charge in [-0.2, -0.15) is 0 Å². The molecule has 0 heterocycles. The number of benzene rings is 4. The van der Waals surface area contributed by atoms with E-state index in [0.29, 0.717) is 36.6 Å². The summed E-state index contributed by atoms with van der Waals surface area (Å²) in [5, 5.41) is 30.8. The number of aliphatic hydroxyl groups excluding tert-OH is 2. The number of aromatic hydroxyl groups is 1. The normalized spacial score (nSPS) is 12.6. The highest BCUT2D eigenvalue weighted by Gasteiger charge is 2.22. The first-order valence-electron chi connectivity index (χ1n) is 13.3. The van der Waals surface area contributed by atoms with Crippen LogP contribution in [0.4, 0.5) is 0 Å². The van der Waals surface area contributed by atoms with E-state index in [2.05, 4.69) is 0 Å². The topological polar surface area (TPSA) is 99.5 Å². The molecule has 0 fully saturated rings. The number of phenolic OH excluding ortho intramolecular Hbond substituents is 1. The van der Waals surface area contributed by atoms with Crippen LogP contribution >= 0.6 is 0 Å². The van der Waals surface area contributed by atoms with Crippen molar-refractivity contribution in [2.45, 2.75) is 31.7 Å². The Hall–Kier alpha value is -4.17. The Morgan fingerprint density at radius 3 is 2.12 bits per heavy atom. The summed E-state index contributed by atoms with van der Waals surface area (Å²) in [6.07, 6.45) is 0.413. The molecule has 7 heteroatoms. The first kappa shape index (κ1) is 28.8. The molecule has 2 unspecified atom stereocenters. The lowest BCUT2D eigenvalue weighted by Crippen LogP contribution is -2.44. The second kappa shape index (κ2) is 14.8. The van der Waals surface area contributed by atoms with E-state index in [1.54, 1.807) is 30.3 Å². The molecule has 0 radical (unpaired) electrons. The molecule has 0 aromatic heterocycles. The molecular formula is C33H35NO6. The van der Waals surface area contributed by atoms with Crippen molar-refractivity contribution in [2.75, 3.05) is 19.8 Å². The van der Waals surface area contributed by atoms with Gasteiger partial charge in [0.1, 0.15) is 36.6 Å². The minimum Gasteiger partial charge on any atom is -0.508 e. The Morgan fingerprint density at radius 1 is 0.800 bits per heavy atom. The van der Waals surface area contributed by atoms with E-state index in [1.807, 2.05) is 77.7 Å². The molecule has 4 aromatic carbocycles. The first-order valence-corrected chi connectivity index (χ1v) is 13.3. The van der Waals surface area contributed by atoms with E-state index < -0.39 is 6.10 Å². The maximum absolute atomic E-state index is 11.7. The number of carbonyl (C=O) groups excluding carboxylic acids is 1. The van der Waals surface area contributed by atoms with Gasteiger partial charge in [0.2, 0.25) is 0 Å². The van der Waals surface area contributed by atoms with Gasteiger partial charge >= 0.3 is 0 Å². The van der Waals surface area contributed by atoms with Crippen molar-refractivity contribution in [3.8, 4) is 17.2 Å². The average Bonchev–Trinajstić information content (AvgIpc) is 2.99. The fraction of sp³-hybridized carbons (Fsp3) is 0.242. The molecule has 0 bridgehead atoms. The number of phenols is 1. The number of hydrogen-bond donors (Lipinski definition) is 3. The summed E-state index contributed by atoms with van der Waals surface area (Å²) in [5.74, 6) is 1.10. The number of aldehydes is 1. The van der Waals surface area contributed by atoms with Crippen LogP contribution in [0.3, 0.4) is 0 Å². The largest absolute Gasteiger partial charge is 0.508 e. The van der Waals surface area contributed by atoms with E-state index in [1.165, 1.54) is 0 Å². The molecule has 0 aliphatic heterocycles. The van der Waals surface area contributed by atoms with Crippen LogP contribution in [0.25, 0.3) is 0 Å². The van der Waals surface area contributed by atoms with Crippen molar-refractivity contribution in [3.05, 3.63) is 125 Å². The quantitative estimate of drug-likeness (QED) is 0.189. The number of carbonyl (C=O) groups is 1. The minimum atomic E-state index is -0.855. The average molecular weight is 542 g/mol. The second-order valence-electron chi connectivity index (χ2n) is 9.68. The number of hydrogen-bond acceptors (Lipinski definition) is 7. The fourth-order valence-corrected chi connectivity index (χ4v) is 4.46. The smallest absolute Gasteiger partial charge is 0.153 e. The molecule has 0 aliphatic rings.